The number of ether oxygens (including phenoxy) is 1. The highest BCUT2D eigenvalue weighted by Crippen LogP contribution is 2.38. The van der Waals surface area contributed by atoms with Crippen LogP contribution in [0, 0.1) is 5.41 Å². The molecule has 2 fully saturated rings. The van der Waals surface area contributed by atoms with Gasteiger partial charge in [0.1, 0.15) is 5.75 Å². The van der Waals surface area contributed by atoms with Gasteiger partial charge >= 0.3 is 0 Å². The molecule has 128 valence electrons. The normalized spacial score (nSPS) is 20.0. The Morgan fingerprint density at radius 2 is 1.74 bits per heavy atom. The first-order chi connectivity index (χ1) is 10.7. The third-order valence-corrected chi connectivity index (χ3v) is 5.15. The molecule has 0 aliphatic heterocycles. The number of amides is 1. The lowest BCUT2D eigenvalue weighted by Gasteiger charge is -2.25. The molecule has 2 saturated carbocycles. The van der Waals surface area contributed by atoms with Crippen molar-refractivity contribution in [1.82, 2.24) is 0 Å². The Morgan fingerprint density at radius 3 is 2.30 bits per heavy atom. The molecule has 0 heterocycles. The Bertz CT molecular complexity index is 506. The number of rotatable bonds is 5. The molecular formula is C18H27ClN2O2. The zero-order chi connectivity index (χ0) is 15.4. The van der Waals surface area contributed by atoms with Crippen LogP contribution in [0.3, 0.4) is 0 Å². The van der Waals surface area contributed by atoms with Crippen molar-refractivity contribution < 1.29 is 9.53 Å². The van der Waals surface area contributed by atoms with E-state index in [2.05, 4.69) is 5.32 Å². The molecule has 2 aliphatic rings. The molecule has 3 N–H and O–H groups in total. The van der Waals surface area contributed by atoms with Crippen LogP contribution in [-0.4, -0.2) is 18.6 Å². The third kappa shape index (κ3) is 4.18. The van der Waals surface area contributed by atoms with Crippen molar-refractivity contribution in [2.75, 3.05) is 11.9 Å². The van der Waals surface area contributed by atoms with E-state index >= 15 is 0 Å². The van der Waals surface area contributed by atoms with Gasteiger partial charge in [-0.15, -0.1) is 12.4 Å². The van der Waals surface area contributed by atoms with Gasteiger partial charge in [0.25, 0.3) is 0 Å². The molecule has 3 rings (SSSR count). The van der Waals surface area contributed by atoms with Gasteiger partial charge in [0.05, 0.1) is 11.5 Å². The van der Waals surface area contributed by atoms with E-state index in [1.807, 2.05) is 24.3 Å². The number of hydrogen-bond donors (Lipinski definition) is 2. The molecule has 23 heavy (non-hydrogen) atoms. The molecule has 1 aromatic rings. The lowest BCUT2D eigenvalue weighted by Crippen LogP contribution is -2.40. The molecule has 1 amide bonds. The highest BCUT2D eigenvalue weighted by atomic mass is 35.5. The molecule has 5 heteroatoms. The number of halogens is 1. The SMILES string of the molecule is Cl.NCC1(C(=O)Nc2ccc(OC3CCCC3)cc2)CCCC1. The molecule has 0 radical (unpaired) electrons. The maximum Gasteiger partial charge on any atom is 0.231 e. The van der Waals surface area contributed by atoms with Crippen LogP contribution >= 0.6 is 12.4 Å². The molecular weight excluding hydrogens is 312 g/mol. The van der Waals surface area contributed by atoms with E-state index in [-0.39, 0.29) is 23.7 Å². The van der Waals surface area contributed by atoms with E-state index in [4.69, 9.17) is 10.5 Å². The van der Waals surface area contributed by atoms with Gasteiger partial charge in [-0.05, 0) is 62.8 Å². The quantitative estimate of drug-likeness (QED) is 0.856. The highest BCUT2D eigenvalue weighted by molar-refractivity contribution is 5.95. The fourth-order valence-corrected chi connectivity index (χ4v) is 3.65. The Hall–Kier alpha value is -1.26. The minimum Gasteiger partial charge on any atom is -0.490 e. The Morgan fingerprint density at radius 1 is 1.13 bits per heavy atom. The average molecular weight is 339 g/mol. The smallest absolute Gasteiger partial charge is 0.231 e. The Labute approximate surface area is 144 Å². The first-order valence-corrected chi connectivity index (χ1v) is 8.50. The lowest BCUT2D eigenvalue weighted by atomic mass is 9.85. The lowest BCUT2D eigenvalue weighted by molar-refractivity contribution is -0.124. The molecule has 0 atom stereocenters. The van der Waals surface area contributed by atoms with Gasteiger partial charge in [0, 0.05) is 12.2 Å². The van der Waals surface area contributed by atoms with Gasteiger partial charge < -0.3 is 15.8 Å². The second-order valence-corrected chi connectivity index (χ2v) is 6.69. The van der Waals surface area contributed by atoms with Gasteiger partial charge in [-0.3, -0.25) is 4.79 Å². The minimum atomic E-state index is -0.362. The van der Waals surface area contributed by atoms with Crippen molar-refractivity contribution in [1.29, 1.82) is 0 Å². The summed E-state index contributed by atoms with van der Waals surface area (Å²) in [5.41, 5.74) is 6.32. The molecule has 1 aromatic carbocycles. The van der Waals surface area contributed by atoms with E-state index < -0.39 is 0 Å². The molecule has 4 nitrogen and oxygen atoms in total. The summed E-state index contributed by atoms with van der Waals surface area (Å²) in [5, 5.41) is 3.02. The van der Waals surface area contributed by atoms with Crippen molar-refractivity contribution in [3.63, 3.8) is 0 Å². The van der Waals surface area contributed by atoms with Crippen LogP contribution in [0.2, 0.25) is 0 Å². The summed E-state index contributed by atoms with van der Waals surface area (Å²) in [6.45, 7) is 0.432. The van der Waals surface area contributed by atoms with Gasteiger partial charge in [-0.2, -0.15) is 0 Å². The zero-order valence-corrected chi connectivity index (χ0v) is 14.4. The van der Waals surface area contributed by atoms with Crippen molar-refractivity contribution >= 4 is 24.0 Å². The van der Waals surface area contributed by atoms with E-state index in [0.29, 0.717) is 12.6 Å². The summed E-state index contributed by atoms with van der Waals surface area (Å²) in [7, 11) is 0. The van der Waals surface area contributed by atoms with E-state index in [1.54, 1.807) is 0 Å². The van der Waals surface area contributed by atoms with Gasteiger partial charge in [-0.1, -0.05) is 12.8 Å². The number of benzene rings is 1. The van der Waals surface area contributed by atoms with Crippen molar-refractivity contribution in [3.05, 3.63) is 24.3 Å². The van der Waals surface area contributed by atoms with Gasteiger partial charge in [-0.25, -0.2) is 0 Å². The third-order valence-electron chi connectivity index (χ3n) is 5.15. The number of carbonyl (C=O) groups excluding carboxylic acids is 1. The Kier molecular flexibility index (Phi) is 6.31. The van der Waals surface area contributed by atoms with Crippen molar-refractivity contribution in [2.45, 2.75) is 57.5 Å². The molecule has 0 spiro atoms. The summed E-state index contributed by atoms with van der Waals surface area (Å²) in [4.78, 5) is 12.5. The number of anilines is 1. The monoisotopic (exact) mass is 338 g/mol. The second-order valence-electron chi connectivity index (χ2n) is 6.69. The maximum absolute atomic E-state index is 12.5. The fraction of sp³-hybridized carbons (Fsp3) is 0.611. The average Bonchev–Trinajstić information content (AvgIpc) is 3.21. The van der Waals surface area contributed by atoms with E-state index in [1.165, 1.54) is 12.8 Å². The van der Waals surface area contributed by atoms with E-state index in [9.17, 15) is 4.79 Å². The first kappa shape index (κ1) is 18.1. The van der Waals surface area contributed by atoms with Crippen LogP contribution in [0.15, 0.2) is 24.3 Å². The second kappa shape index (κ2) is 8.02. The predicted octanol–water partition coefficient (Wildman–Crippen LogP) is 3.89. The van der Waals surface area contributed by atoms with Crippen molar-refractivity contribution in [3.8, 4) is 5.75 Å². The van der Waals surface area contributed by atoms with E-state index in [0.717, 1.165) is 50.0 Å². The first-order valence-electron chi connectivity index (χ1n) is 8.50. The summed E-state index contributed by atoms with van der Waals surface area (Å²) in [5.74, 6) is 0.955. The number of nitrogens with one attached hydrogen (secondary N) is 1. The van der Waals surface area contributed by atoms with Crippen LogP contribution in [-0.2, 0) is 4.79 Å². The molecule has 0 aromatic heterocycles. The summed E-state index contributed by atoms with van der Waals surface area (Å²) < 4.78 is 5.94. The minimum absolute atomic E-state index is 0. The van der Waals surface area contributed by atoms with Crippen molar-refractivity contribution in [2.24, 2.45) is 11.1 Å². The zero-order valence-electron chi connectivity index (χ0n) is 13.6. The Balaban J connectivity index is 0.00000192. The molecule has 0 bridgehead atoms. The van der Waals surface area contributed by atoms with Crippen LogP contribution in [0.25, 0.3) is 0 Å². The largest absolute Gasteiger partial charge is 0.490 e. The topological polar surface area (TPSA) is 64.4 Å². The molecule has 2 aliphatic carbocycles. The fourth-order valence-electron chi connectivity index (χ4n) is 3.65. The number of nitrogens with two attached hydrogens (primary N) is 1. The molecule has 0 unspecified atom stereocenters. The number of hydrogen-bond acceptors (Lipinski definition) is 3. The number of carbonyl (C=O) groups is 1. The maximum atomic E-state index is 12.5. The standard InChI is InChI=1S/C18H26N2O2.ClH/c19-13-18(11-3-4-12-18)17(21)20-14-7-9-16(10-8-14)22-15-5-1-2-6-15;/h7-10,15H,1-6,11-13,19H2,(H,20,21);1H. The summed E-state index contributed by atoms with van der Waals surface area (Å²) >= 11 is 0. The summed E-state index contributed by atoms with van der Waals surface area (Å²) in [6.07, 6.45) is 9.18. The highest BCUT2D eigenvalue weighted by Gasteiger charge is 2.39. The summed E-state index contributed by atoms with van der Waals surface area (Å²) in [6, 6.07) is 7.72. The van der Waals surface area contributed by atoms with Crippen LogP contribution in [0.4, 0.5) is 5.69 Å². The van der Waals surface area contributed by atoms with Crippen LogP contribution in [0.1, 0.15) is 51.4 Å². The van der Waals surface area contributed by atoms with Crippen LogP contribution in [0.5, 0.6) is 5.75 Å². The molecule has 0 saturated heterocycles. The van der Waals surface area contributed by atoms with Crippen LogP contribution < -0.4 is 15.8 Å². The van der Waals surface area contributed by atoms with Gasteiger partial charge in [0.2, 0.25) is 5.91 Å². The van der Waals surface area contributed by atoms with Gasteiger partial charge in [0.15, 0.2) is 0 Å². The predicted molar refractivity (Wildman–Crippen MR) is 95.2 cm³/mol.